The number of benzene rings is 1. The topological polar surface area (TPSA) is 39.2 Å². The molecule has 0 fully saturated rings. The quantitative estimate of drug-likeness (QED) is 0.931. The fourth-order valence-corrected chi connectivity index (χ4v) is 2.53. The van der Waals surface area contributed by atoms with Gasteiger partial charge in [-0.15, -0.1) is 0 Å². The third kappa shape index (κ3) is 2.38. The maximum atomic E-state index is 13.4. The minimum absolute atomic E-state index is 0.265. The lowest BCUT2D eigenvalue weighted by Gasteiger charge is -2.04. The SMILES string of the molecule is CC(C)Cc1c(CN)oc2c(Br)cc(F)cc12. The summed E-state index contributed by atoms with van der Waals surface area (Å²) in [5.74, 6) is 0.960. The maximum Gasteiger partial charge on any atom is 0.149 e. The van der Waals surface area contributed by atoms with Gasteiger partial charge in [-0.05, 0) is 40.4 Å². The Labute approximate surface area is 108 Å². The molecule has 2 nitrogen and oxygen atoms in total. The summed E-state index contributed by atoms with van der Waals surface area (Å²) < 4.78 is 19.8. The van der Waals surface area contributed by atoms with Gasteiger partial charge in [0.15, 0.2) is 0 Å². The number of furan rings is 1. The molecule has 4 heteroatoms. The predicted octanol–water partition coefficient (Wildman–Crippen LogP) is 3.99. The van der Waals surface area contributed by atoms with Crippen molar-refractivity contribution < 1.29 is 8.81 Å². The predicted molar refractivity (Wildman–Crippen MR) is 70.3 cm³/mol. The van der Waals surface area contributed by atoms with Crippen molar-refractivity contribution in [3.63, 3.8) is 0 Å². The first kappa shape index (κ1) is 12.6. The normalized spacial score (nSPS) is 11.6. The molecule has 2 N–H and O–H groups in total. The largest absolute Gasteiger partial charge is 0.458 e. The number of fused-ring (bicyclic) bond motifs is 1. The summed E-state index contributed by atoms with van der Waals surface area (Å²) in [6.45, 7) is 4.58. The molecule has 0 aliphatic carbocycles. The van der Waals surface area contributed by atoms with Crippen molar-refractivity contribution in [3.05, 3.63) is 33.7 Å². The van der Waals surface area contributed by atoms with E-state index >= 15 is 0 Å². The molecule has 92 valence electrons. The van der Waals surface area contributed by atoms with Crippen LogP contribution in [0.2, 0.25) is 0 Å². The van der Waals surface area contributed by atoms with Gasteiger partial charge in [-0.2, -0.15) is 0 Å². The molecule has 0 radical (unpaired) electrons. The summed E-state index contributed by atoms with van der Waals surface area (Å²) in [4.78, 5) is 0. The van der Waals surface area contributed by atoms with Crippen molar-refractivity contribution >= 4 is 26.9 Å². The van der Waals surface area contributed by atoms with E-state index in [2.05, 4.69) is 29.8 Å². The van der Waals surface area contributed by atoms with Gasteiger partial charge < -0.3 is 10.2 Å². The standard InChI is InChI=1S/C13H15BrFNO/c1-7(2)3-9-10-4-8(15)5-11(14)13(10)17-12(9)6-16/h4-5,7H,3,6,16H2,1-2H3. The van der Waals surface area contributed by atoms with E-state index in [0.717, 1.165) is 23.1 Å². The van der Waals surface area contributed by atoms with Crippen molar-refractivity contribution in [2.24, 2.45) is 11.7 Å². The Morgan fingerprint density at radius 1 is 1.41 bits per heavy atom. The molecular weight excluding hydrogens is 285 g/mol. The molecule has 0 saturated carbocycles. The van der Waals surface area contributed by atoms with Crippen LogP contribution < -0.4 is 5.73 Å². The lowest BCUT2D eigenvalue weighted by Crippen LogP contribution is -2.01. The highest BCUT2D eigenvalue weighted by Gasteiger charge is 2.17. The Morgan fingerprint density at radius 3 is 2.71 bits per heavy atom. The van der Waals surface area contributed by atoms with Crippen LogP contribution in [0.5, 0.6) is 0 Å². The highest BCUT2D eigenvalue weighted by molar-refractivity contribution is 9.10. The van der Waals surface area contributed by atoms with Crippen LogP contribution >= 0.6 is 15.9 Å². The van der Waals surface area contributed by atoms with E-state index in [9.17, 15) is 4.39 Å². The molecule has 0 bridgehead atoms. The first-order valence-corrected chi connectivity index (χ1v) is 6.41. The molecule has 2 rings (SSSR count). The number of hydrogen-bond donors (Lipinski definition) is 1. The number of rotatable bonds is 3. The van der Waals surface area contributed by atoms with Crippen molar-refractivity contribution in [2.45, 2.75) is 26.8 Å². The molecule has 0 saturated heterocycles. The maximum absolute atomic E-state index is 13.4. The van der Waals surface area contributed by atoms with Gasteiger partial charge in [0.1, 0.15) is 17.2 Å². The first-order valence-electron chi connectivity index (χ1n) is 5.62. The lowest BCUT2D eigenvalue weighted by atomic mass is 10.00. The highest BCUT2D eigenvalue weighted by atomic mass is 79.9. The Morgan fingerprint density at radius 2 is 2.12 bits per heavy atom. The molecule has 1 aromatic carbocycles. The summed E-state index contributed by atoms with van der Waals surface area (Å²) >= 11 is 3.32. The molecule has 1 aromatic heterocycles. The van der Waals surface area contributed by atoms with Crippen LogP contribution in [0.3, 0.4) is 0 Å². The van der Waals surface area contributed by atoms with Crippen LogP contribution in [0.15, 0.2) is 21.0 Å². The molecule has 0 aliphatic heterocycles. The third-order valence-corrected chi connectivity index (χ3v) is 3.28. The van der Waals surface area contributed by atoms with Gasteiger partial charge >= 0.3 is 0 Å². The van der Waals surface area contributed by atoms with Crippen molar-refractivity contribution in [3.8, 4) is 0 Å². The van der Waals surface area contributed by atoms with Crippen LogP contribution in [0.25, 0.3) is 11.0 Å². The average molecular weight is 300 g/mol. The van der Waals surface area contributed by atoms with Gasteiger partial charge in [-0.25, -0.2) is 4.39 Å². The Bertz CT molecular complexity index is 548. The third-order valence-electron chi connectivity index (χ3n) is 2.69. The van der Waals surface area contributed by atoms with E-state index in [1.165, 1.54) is 12.1 Å². The van der Waals surface area contributed by atoms with Crippen LogP contribution in [-0.2, 0) is 13.0 Å². The summed E-state index contributed by atoms with van der Waals surface area (Å²) in [5.41, 5.74) is 7.38. The fraction of sp³-hybridized carbons (Fsp3) is 0.385. The first-order chi connectivity index (χ1) is 8.02. The highest BCUT2D eigenvalue weighted by Crippen LogP contribution is 2.33. The summed E-state index contributed by atoms with van der Waals surface area (Å²) in [5, 5.41) is 0.825. The van der Waals surface area contributed by atoms with Gasteiger partial charge in [0.2, 0.25) is 0 Å². The second kappa shape index (κ2) is 4.78. The summed E-state index contributed by atoms with van der Waals surface area (Å²) in [6, 6.07) is 2.92. The average Bonchev–Trinajstić information content (AvgIpc) is 2.56. The van der Waals surface area contributed by atoms with E-state index < -0.39 is 0 Å². The monoisotopic (exact) mass is 299 g/mol. The Hall–Kier alpha value is -0.870. The van der Waals surface area contributed by atoms with E-state index in [1.54, 1.807) is 0 Å². The molecule has 0 atom stereocenters. The second-order valence-corrected chi connectivity index (χ2v) is 5.42. The molecule has 0 unspecified atom stereocenters. The fourth-order valence-electron chi connectivity index (χ4n) is 2.02. The zero-order chi connectivity index (χ0) is 12.6. The summed E-state index contributed by atoms with van der Waals surface area (Å²) in [6.07, 6.45) is 0.843. The molecule has 0 spiro atoms. The number of nitrogens with two attached hydrogens (primary N) is 1. The molecule has 0 amide bonds. The van der Waals surface area contributed by atoms with E-state index in [1.807, 2.05) is 0 Å². The smallest absolute Gasteiger partial charge is 0.149 e. The molecular formula is C13H15BrFNO. The molecule has 17 heavy (non-hydrogen) atoms. The van der Waals surface area contributed by atoms with Crippen molar-refractivity contribution in [2.75, 3.05) is 0 Å². The minimum Gasteiger partial charge on any atom is -0.458 e. The Kier molecular flexibility index (Phi) is 3.54. The number of hydrogen-bond acceptors (Lipinski definition) is 2. The van der Waals surface area contributed by atoms with E-state index in [-0.39, 0.29) is 5.82 Å². The summed E-state index contributed by atoms with van der Waals surface area (Å²) in [7, 11) is 0. The van der Waals surface area contributed by atoms with Crippen LogP contribution in [0.1, 0.15) is 25.2 Å². The Balaban J connectivity index is 2.69. The lowest BCUT2D eigenvalue weighted by molar-refractivity contribution is 0.534. The molecule has 0 aliphatic rings. The van der Waals surface area contributed by atoms with Crippen molar-refractivity contribution in [1.29, 1.82) is 0 Å². The molecule has 2 aromatic rings. The second-order valence-electron chi connectivity index (χ2n) is 4.57. The zero-order valence-corrected chi connectivity index (χ0v) is 11.5. The minimum atomic E-state index is -0.265. The van der Waals surface area contributed by atoms with Gasteiger partial charge in [0.05, 0.1) is 11.0 Å². The van der Waals surface area contributed by atoms with E-state index in [4.69, 9.17) is 10.2 Å². The van der Waals surface area contributed by atoms with Gasteiger partial charge in [0.25, 0.3) is 0 Å². The van der Waals surface area contributed by atoms with Crippen LogP contribution in [0, 0.1) is 11.7 Å². The van der Waals surface area contributed by atoms with Gasteiger partial charge in [-0.1, -0.05) is 13.8 Å². The van der Waals surface area contributed by atoms with Gasteiger partial charge in [0, 0.05) is 10.9 Å². The zero-order valence-electron chi connectivity index (χ0n) is 9.89. The number of halogens is 2. The van der Waals surface area contributed by atoms with Crippen LogP contribution in [-0.4, -0.2) is 0 Å². The molecule has 1 heterocycles. The van der Waals surface area contributed by atoms with Crippen LogP contribution in [0.4, 0.5) is 4.39 Å². The van der Waals surface area contributed by atoms with Crippen molar-refractivity contribution in [1.82, 2.24) is 0 Å². The van der Waals surface area contributed by atoms with E-state index in [0.29, 0.717) is 22.5 Å². The van der Waals surface area contributed by atoms with Gasteiger partial charge in [-0.3, -0.25) is 0 Å².